The fourth-order valence-electron chi connectivity index (χ4n) is 3.46. The average Bonchev–Trinajstić information content (AvgIpc) is 2.98. The fourth-order valence-corrected chi connectivity index (χ4v) is 4.96. The normalized spacial score (nSPS) is 21.9. The zero-order valence-electron chi connectivity index (χ0n) is 14.2. The van der Waals surface area contributed by atoms with Crippen LogP contribution in [0.15, 0.2) is 18.2 Å². The highest BCUT2D eigenvalue weighted by Gasteiger charge is 2.35. The van der Waals surface area contributed by atoms with E-state index in [1.165, 1.54) is 0 Å². The van der Waals surface area contributed by atoms with Crippen LogP contribution in [-0.4, -0.2) is 47.0 Å². The fraction of sp³-hybridized carbons (Fsp3) is 0.556. The largest absolute Gasteiger partial charge is 0.343 e. The average molecular weight is 401 g/mol. The minimum Gasteiger partial charge on any atom is -0.343 e. The van der Waals surface area contributed by atoms with Crippen molar-refractivity contribution in [2.75, 3.05) is 25.4 Å². The second-order valence-electron chi connectivity index (χ2n) is 6.56. The zero-order valence-corrected chi connectivity index (χ0v) is 16.5. The third-order valence-electron chi connectivity index (χ3n) is 4.92. The van der Waals surface area contributed by atoms with Crippen molar-refractivity contribution in [1.82, 2.24) is 9.80 Å². The quantitative estimate of drug-likeness (QED) is 0.759. The van der Waals surface area contributed by atoms with Gasteiger partial charge in [0.25, 0.3) is 0 Å². The van der Waals surface area contributed by atoms with E-state index in [0.29, 0.717) is 28.1 Å². The summed E-state index contributed by atoms with van der Waals surface area (Å²) in [6.45, 7) is 4.23. The van der Waals surface area contributed by atoms with Gasteiger partial charge in [0.15, 0.2) is 0 Å². The summed E-state index contributed by atoms with van der Waals surface area (Å²) < 4.78 is 0. The predicted molar refractivity (Wildman–Crippen MR) is 103 cm³/mol. The lowest BCUT2D eigenvalue weighted by Gasteiger charge is -2.35. The Morgan fingerprint density at radius 3 is 2.60 bits per heavy atom. The minimum atomic E-state index is -0.00225. The van der Waals surface area contributed by atoms with E-state index in [1.54, 1.807) is 17.8 Å². The Balaban J connectivity index is 1.65. The number of nitrogens with zero attached hydrogens (tertiary/aromatic N) is 2. The van der Waals surface area contributed by atoms with E-state index in [2.05, 4.69) is 0 Å². The van der Waals surface area contributed by atoms with Crippen LogP contribution in [0.1, 0.15) is 37.1 Å². The van der Waals surface area contributed by atoms with E-state index in [1.807, 2.05) is 28.9 Å². The first-order chi connectivity index (χ1) is 12.0. The molecule has 2 saturated heterocycles. The summed E-state index contributed by atoms with van der Waals surface area (Å²) in [7, 11) is 0. The van der Waals surface area contributed by atoms with Crippen molar-refractivity contribution in [3.05, 3.63) is 33.8 Å². The van der Waals surface area contributed by atoms with Gasteiger partial charge in [-0.15, -0.1) is 11.8 Å². The van der Waals surface area contributed by atoms with Crippen molar-refractivity contribution < 1.29 is 9.59 Å². The highest BCUT2D eigenvalue weighted by Crippen LogP contribution is 2.41. The Morgan fingerprint density at radius 2 is 1.96 bits per heavy atom. The standard InChI is InChI=1S/C18H22Cl2N2O2S/c1-2-16(23)21-7-5-12(6-8-21)10-22-17(24)11-25-18(22)13-3-4-14(19)15(20)9-13/h3-4,9,12,18H,2,5-8,10-11H2,1H3/t18-/m1/s1. The molecule has 2 aliphatic heterocycles. The van der Waals surface area contributed by atoms with Gasteiger partial charge in [-0.1, -0.05) is 36.2 Å². The molecule has 0 aliphatic carbocycles. The van der Waals surface area contributed by atoms with Gasteiger partial charge in [0.05, 0.1) is 15.8 Å². The topological polar surface area (TPSA) is 40.6 Å². The maximum Gasteiger partial charge on any atom is 0.233 e. The summed E-state index contributed by atoms with van der Waals surface area (Å²) >= 11 is 13.8. The molecule has 2 heterocycles. The van der Waals surface area contributed by atoms with Crippen LogP contribution in [-0.2, 0) is 9.59 Å². The third kappa shape index (κ3) is 4.26. The SMILES string of the molecule is CCC(=O)N1CCC(CN2C(=O)CS[C@@H]2c2ccc(Cl)c(Cl)c2)CC1. The van der Waals surface area contributed by atoms with Crippen molar-refractivity contribution in [2.45, 2.75) is 31.6 Å². The predicted octanol–water partition coefficient (Wildman–Crippen LogP) is 4.22. The molecular weight excluding hydrogens is 379 g/mol. The van der Waals surface area contributed by atoms with Crippen LogP contribution in [0.4, 0.5) is 0 Å². The number of carbonyl (C=O) groups is 2. The third-order valence-corrected chi connectivity index (χ3v) is 6.92. The van der Waals surface area contributed by atoms with Gasteiger partial charge in [0, 0.05) is 26.1 Å². The Kier molecular flexibility index (Phi) is 6.18. The first-order valence-electron chi connectivity index (χ1n) is 8.63. The van der Waals surface area contributed by atoms with Crippen molar-refractivity contribution in [1.29, 1.82) is 0 Å². The van der Waals surface area contributed by atoms with Crippen LogP contribution >= 0.6 is 35.0 Å². The molecule has 3 rings (SSSR count). The number of amides is 2. The summed E-state index contributed by atoms with van der Waals surface area (Å²) in [6.07, 6.45) is 2.47. The van der Waals surface area contributed by atoms with Gasteiger partial charge in [-0.25, -0.2) is 0 Å². The number of benzene rings is 1. The van der Waals surface area contributed by atoms with Gasteiger partial charge in [-0.3, -0.25) is 9.59 Å². The highest BCUT2D eigenvalue weighted by atomic mass is 35.5. The number of likely N-dealkylation sites (tertiary alicyclic amines) is 1. The maximum absolute atomic E-state index is 12.4. The molecule has 0 N–H and O–H groups in total. The van der Waals surface area contributed by atoms with Crippen molar-refractivity contribution in [3.8, 4) is 0 Å². The van der Waals surface area contributed by atoms with E-state index in [4.69, 9.17) is 23.2 Å². The number of hydrogen-bond acceptors (Lipinski definition) is 3. The molecule has 0 saturated carbocycles. The molecule has 1 aromatic carbocycles. The molecule has 0 aromatic heterocycles. The molecule has 0 unspecified atom stereocenters. The molecular formula is C18H22Cl2N2O2S. The number of piperidine rings is 1. The van der Waals surface area contributed by atoms with Gasteiger partial charge < -0.3 is 9.80 Å². The van der Waals surface area contributed by atoms with Crippen LogP contribution in [0.2, 0.25) is 10.0 Å². The van der Waals surface area contributed by atoms with Gasteiger partial charge >= 0.3 is 0 Å². The maximum atomic E-state index is 12.4. The molecule has 4 nitrogen and oxygen atoms in total. The summed E-state index contributed by atoms with van der Waals surface area (Å²) in [5.74, 6) is 1.33. The lowest BCUT2D eigenvalue weighted by molar-refractivity contribution is -0.133. The lowest BCUT2D eigenvalue weighted by atomic mass is 9.95. The molecule has 1 aromatic rings. The second-order valence-corrected chi connectivity index (χ2v) is 8.44. The smallest absolute Gasteiger partial charge is 0.233 e. The lowest BCUT2D eigenvalue weighted by Crippen LogP contribution is -2.42. The summed E-state index contributed by atoms with van der Waals surface area (Å²) in [4.78, 5) is 28.1. The number of hydrogen-bond donors (Lipinski definition) is 0. The zero-order chi connectivity index (χ0) is 18.0. The summed E-state index contributed by atoms with van der Waals surface area (Å²) in [5.41, 5.74) is 1.02. The van der Waals surface area contributed by atoms with Crippen molar-refractivity contribution in [3.63, 3.8) is 0 Å². The molecule has 2 aliphatic rings. The van der Waals surface area contributed by atoms with Crippen LogP contribution in [0.5, 0.6) is 0 Å². The number of rotatable bonds is 4. The molecule has 2 amide bonds. The van der Waals surface area contributed by atoms with E-state index in [9.17, 15) is 9.59 Å². The molecule has 136 valence electrons. The van der Waals surface area contributed by atoms with Gasteiger partial charge in [-0.2, -0.15) is 0 Å². The summed E-state index contributed by atoms with van der Waals surface area (Å²) in [5, 5.41) is 1.04. The van der Waals surface area contributed by atoms with Crippen molar-refractivity contribution in [2.24, 2.45) is 5.92 Å². The van der Waals surface area contributed by atoms with Crippen LogP contribution < -0.4 is 0 Å². The number of thioether (sulfide) groups is 1. The molecule has 0 bridgehead atoms. The Labute approximate surface area is 162 Å². The first-order valence-corrected chi connectivity index (χ1v) is 10.4. The van der Waals surface area contributed by atoms with E-state index in [0.717, 1.165) is 38.0 Å². The molecule has 0 radical (unpaired) electrons. The first kappa shape index (κ1) is 18.9. The van der Waals surface area contributed by atoms with E-state index < -0.39 is 0 Å². The Hall–Kier alpha value is -0.910. The Bertz CT molecular complexity index is 662. The van der Waals surface area contributed by atoms with E-state index in [-0.39, 0.29) is 17.2 Å². The van der Waals surface area contributed by atoms with Crippen LogP contribution in [0.25, 0.3) is 0 Å². The molecule has 25 heavy (non-hydrogen) atoms. The molecule has 1 atom stereocenters. The highest BCUT2D eigenvalue weighted by molar-refractivity contribution is 8.00. The Morgan fingerprint density at radius 1 is 1.24 bits per heavy atom. The summed E-state index contributed by atoms with van der Waals surface area (Å²) in [6, 6.07) is 5.59. The molecule has 7 heteroatoms. The van der Waals surface area contributed by atoms with Gasteiger partial charge in [-0.05, 0) is 36.5 Å². The van der Waals surface area contributed by atoms with Gasteiger partial charge in [0.1, 0.15) is 5.37 Å². The monoisotopic (exact) mass is 400 g/mol. The minimum absolute atomic E-state index is 0.00225. The van der Waals surface area contributed by atoms with Crippen LogP contribution in [0, 0.1) is 5.92 Å². The van der Waals surface area contributed by atoms with Crippen molar-refractivity contribution >= 4 is 46.8 Å². The number of halogens is 2. The van der Waals surface area contributed by atoms with Gasteiger partial charge in [0.2, 0.25) is 11.8 Å². The second kappa shape index (κ2) is 8.19. The van der Waals surface area contributed by atoms with Crippen LogP contribution in [0.3, 0.4) is 0 Å². The van der Waals surface area contributed by atoms with E-state index >= 15 is 0 Å². The molecule has 0 spiro atoms. The number of carbonyl (C=O) groups excluding carboxylic acids is 2. The molecule has 2 fully saturated rings.